The molecule has 0 aliphatic carbocycles. The van der Waals surface area contributed by atoms with E-state index in [-0.39, 0.29) is 24.3 Å². The fraction of sp³-hybridized carbons (Fsp3) is 0.500. The Labute approximate surface area is 147 Å². The Hall–Kier alpha value is -2.57. The zero-order chi connectivity index (χ0) is 18.4. The van der Waals surface area contributed by atoms with Gasteiger partial charge in [-0.15, -0.1) is 0 Å². The summed E-state index contributed by atoms with van der Waals surface area (Å²) in [5.74, 6) is 0.153. The molecule has 1 N–H and O–H groups in total. The van der Waals surface area contributed by atoms with E-state index in [2.05, 4.69) is 5.32 Å². The molecule has 1 aromatic carbocycles. The van der Waals surface area contributed by atoms with Crippen molar-refractivity contribution in [3.63, 3.8) is 0 Å². The Balaban J connectivity index is 2.02. The van der Waals surface area contributed by atoms with Gasteiger partial charge in [0.05, 0.1) is 7.11 Å². The van der Waals surface area contributed by atoms with Crippen molar-refractivity contribution in [1.29, 1.82) is 0 Å². The number of anilines is 1. The van der Waals surface area contributed by atoms with Crippen LogP contribution in [0.2, 0.25) is 0 Å². The van der Waals surface area contributed by atoms with E-state index < -0.39 is 6.04 Å². The Morgan fingerprint density at radius 1 is 1.24 bits per heavy atom. The summed E-state index contributed by atoms with van der Waals surface area (Å²) in [5.41, 5.74) is 0.782. The highest BCUT2D eigenvalue weighted by molar-refractivity contribution is 5.99. The van der Waals surface area contributed by atoms with Gasteiger partial charge in [0.25, 0.3) is 0 Å². The summed E-state index contributed by atoms with van der Waals surface area (Å²) < 4.78 is 5.12. The summed E-state index contributed by atoms with van der Waals surface area (Å²) in [6.45, 7) is 4.23. The van der Waals surface area contributed by atoms with E-state index in [4.69, 9.17) is 4.74 Å². The average Bonchev–Trinajstić information content (AvgIpc) is 2.60. The summed E-state index contributed by atoms with van der Waals surface area (Å²) in [4.78, 5) is 39.6. The summed E-state index contributed by atoms with van der Waals surface area (Å²) in [7, 11) is 1.59. The number of hydrogen-bond acceptors (Lipinski definition) is 4. The Bertz CT molecular complexity index is 630. The molecule has 0 spiro atoms. The molecule has 3 amide bonds. The zero-order valence-electron chi connectivity index (χ0n) is 14.9. The molecule has 7 heteroatoms. The molecule has 1 heterocycles. The standard InChI is InChI=1S/C18H25N3O4/c1-4-5-16(19-13(2)22)18(24)20-10-11-21(17(23)12-20)14-6-8-15(25-3)9-7-14/h6-9,16H,4-5,10-12H2,1-3H3,(H,19,22). The number of piperazine rings is 1. The molecule has 1 saturated heterocycles. The van der Waals surface area contributed by atoms with Gasteiger partial charge in [-0.2, -0.15) is 0 Å². The molecule has 136 valence electrons. The van der Waals surface area contributed by atoms with Crippen molar-refractivity contribution in [3.8, 4) is 5.75 Å². The van der Waals surface area contributed by atoms with Gasteiger partial charge < -0.3 is 19.9 Å². The minimum absolute atomic E-state index is 0.0185. The van der Waals surface area contributed by atoms with Gasteiger partial charge in [-0.05, 0) is 30.7 Å². The van der Waals surface area contributed by atoms with Crippen molar-refractivity contribution in [3.05, 3.63) is 24.3 Å². The van der Waals surface area contributed by atoms with Gasteiger partial charge in [0.1, 0.15) is 18.3 Å². The number of carbonyl (C=O) groups is 3. The lowest BCUT2D eigenvalue weighted by Gasteiger charge is -2.36. The number of nitrogens with zero attached hydrogens (tertiary/aromatic N) is 2. The van der Waals surface area contributed by atoms with Crippen LogP contribution in [0.5, 0.6) is 5.75 Å². The number of hydrogen-bond donors (Lipinski definition) is 1. The molecule has 7 nitrogen and oxygen atoms in total. The number of nitrogens with one attached hydrogen (secondary N) is 1. The molecule has 1 aliphatic heterocycles. The van der Waals surface area contributed by atoms with Crippen LogP contribution in [0.3, 0.4) is 0 Å². The fourth-order valence-corrected chi connectivity index (χ4v) is 2.91. The van der Waals surface area contributed by atoms with Gasteiger partial charge in [0.2, 0.25) is 17.7 Å². The van der Waals surface area contributed by atoms with Crippen LogP contribution in [-0.4, -0.2) is 55.4 Å². The van der Waals surface area contributed by atoms with Crippen LogP contribution < -0.4 is 15.0 Å². The lowest BCUT2D eigenvalue weighted by molar-refractivity contribution is -0.140. The summed E-state index contributed by atoms with van der Waals surface area (Å²) in [6.07, 6.45) is 1.34. The van der Waals surface area contributed by atoms with Gasteiger partial charge in [-0.3, -0.25) is 14.4 Å². The first-order valence-corrected chi connectivity index (χ1v) is 8.46. The lowest BCUT2D eigenvalue weighted by Crippen LogP contribution is -2.57. The maximum absolute atomic E-state index is 12.6. The van der Waals surface area contributed by atoms with E-state index >= 15 is 0 Å². The first-order chi connectivity index (χ1) is 12.0. The molecule has 0 radical (unpaired) electrons. The number of benzene rings is 1. The molecular weight excluding hydrogens is 322 g/mol. The van der Waals surface area contributed by atoms with E-state index in [1.54, 1.807) is 24.1 Å². The van der Waals surface area contributed by atoms with E-state index in [1.807, 2.05) is 19.1 Å². The number of ether oxygens (including phenoxy) is 1. The van der Waals surface area contributed by atoms with Crippen LogP contribution >= 0.6 is 0 Å². The third kappa shape index (κ3) is 4.71. The van der Waals surface area contributed by atoms with Gasteiger partial charge in [-0.25, -0.2) is 0 Å². The topological polar surface area (TPSA) is 79.0 Å². The third-order valence-corrected chi connectivity index (χ3v) is 4.17. The van der Waals surface area contributed by atoms with E-state index in [0.717, 1.165) is 17.9 Å². The normalized spacial score (nSPS) is 15.7. The third-order valence-electron chi connectivity index (χ3n) is 4.17. The van der Waals surface area contributed by atoms with Gasteiger partial charge >= 0.3 is 0 Å². The molecule has 1 fully saturated rings. The Kier molecular flexibility index (Phi) is 6.38. The van der Waals surface area contributed by atoms with Crippen LogP contribution in [0.15, 0.2) is 24.3 Å². The quantitative estimate of drug-likeness (QED) is 0.838. The van der Waals surface area contributed by atoms with Crippen LogP contribution in [0.25, 0.3) is 0 Å². The van der Waals surface area contributed by atoms with E-state index in [1.165, 1.54) is 11.8 Å². The molecule has 0 bridgehead atoms. The molecule has 0 saturated carbocycles. The number of carbonyl (C=O) groups excluding carboxylic acids is 3. The maximum atomic E-state index is 12.6. The highest BCUT2D eigenvalue weighted by Crippen LogP contribution is 2.21. The van der Waals surface area contributed by atoms with E-state index in [9.17, 15) is 14.4 Å². The minimum atomic E-state index is -0.567. The molecule has 25 heavy (non-hydrogen) atoms. The predicted molar refractivity (Wildman–Crippen MR) is 94.4 cm³/mol. The lowest BCUT2D eigenvalue weighted by atomic mass is 10.1. The van der Waals surface area contributed by atoms with Gasteiger partial charge in [-0.1, -0.05) is 13.3 Å². The fourth-order valence-electron chi connectivity index (χ4n) is 2.91. The van der Waals surface area contributed by atoms with Crippen LogP contribution in [0, 0.1) is 0 Å². The number of methoxy groups -OCH3 is 1. The molecule has 1 aromatic rings. The van der Waals surface area contributed by atoms with Crippen molar-refractivity contribution in [2.75, 3.05) is 31.6 Å². The largest absolute Gasteiger partial charge is 0.497 e. The van der Waals surface area contributed by atoms with Crippen molar-refractivity contribution in [1.82, 2.24) is 10.2 Å². The van der Waals surface area contributed by atoms with Crippen molar-refractivity contribution >= 4 is 23.4 Å². The SMILES string of the molecule is CCCC(NC(C)=O)C(=O)N1CCN(c2ccc(OC)cc2)C(=O)C1. The smallest absolute Gasteiger partial charge is 0.246 e. The summed E-state index contributed by atoms with van der Waals surface area (Å²) >= 11 is 0. The average molecular weight is 347 g/mol. The monoisotopic (exact) mass is 347 g/mol. The minimum Gasteiger partial charge on any atom is -0.497 e. The highest BCUT2D eigenvalue weighted by Gasteiger charge is 2.31. The van der Waals surface area contributed by atoms with Crippen LogP contribution in [0.1, 0.15) is 26.7 Å². The number of amides is 3. The van der Waals surface area contributed by atoms with E-state index in [0.29, 0.717) is 19.5 Å². The molecule has 1 aliphatic rings. The van der Waals surface area contributed by atoms with Gasteiger partial charge in [0, 0.05) is 25.7 Å². The van der Waals surface area contributed by atoms with Crippen LogP contribution in [-0.2, 0) is 14.4 Å². The Morgan fingerprint density at radius 3 is 2.44 bits per heavy atom. The highest BCUT2D eigenvalue weighted by atomic mass is 16.5. The first kappa shape index (κ1) is 18.8. The second-order valence-corrected chi connectivity index (χ2v) is 6.04. The summed E-state index contributed by atoms with van der Waals surface area (Å²) in [6, 6.07) is 6.68. The van der Waals surface area contributed by atoms with Crippen LogP contribution in [0.4, 0.5) is 5.69 Å². The maximum Gasteiger partial charge on any atom is 0.246 e. The summed E-state index contributed by atoms with van der Waals surface area (Å²) in [5, 5.41) is 2.68. The second-order valence-electron chi connectivity index (χ2n) is 6.04. The Morgan fingerprint density at radius 2 is 1.92 bits per heavy atom. The zero-order valence-corrected chi connectivity index (χ0v) is 14.9. The molecule has 2 rings (SSSR count). The molecule has 1 atom stereocenters. The number of rotatable bonds is 6. The van der Waals surface area contributed by atoms with Crippen molar-refractivity contribution in [2.45, 2.75) is 32.7 Å². The van der Waals surface area contributed by atoms with Gasteiger partial charge in [0.15, 0.2) is 0 Å². The van der Waals surface area contributed by atoms with Crippen molar-refractivity contribution < 1.29 is 19.1 Å². The second kappa shape index (κ2) is 8.50. The first-order valence-electron chi connectivity index (χ1n) is 8.46. The predicted octanol–water partition coefficient (Wildman–Crippen LogP) is 1.18. The molecule has 0 aromatic heterocycles. The molecule has 1 unspecified atom stereocenters. The van der Waals surface area contributed by atoms with Crippen molar-refractivity contribution in [2.24, 2.45) is 0 Å². The molecular formula is C18H25N3O4.